The van der Waals surface area contributed by atoms with E-state index in [1.54, 1.807) is 0 Å². The van der Waals surface area contributed by atoms with Crippen LogP contribution in [0.5, 0.6) is 0 Å². The molecule has 0 aromatic rings. The highest BCUT2D eigenvalue weighted by molar-refractivity contribution is 5.83. The molecule has 0 aromatic carbocycles. The van der Waals surface area contributed by atoms with Crippen molar-refractivity contribution in [3.05, 3.63) is 0 Å². The summed E-state index contributed by atoms with van der Waals surface area (Å²) in [5.74, 6) is 0.820. The predicted molar refractivity (Wildman–Crippen MR) is 50.3 cm³/mol. The van der Waals surface area contributed by atoms with E-state index in [4.69, 9.17) is 5.73 Å². The Labute approximate surface area is 73.6 Å². The van der Waals surface area contributed by atoms with Crippen molar-refractivity contribution in [2.75, 3.05) is 13.6 Å². The lowest BCUT2D eigenvalue weighted by Gasteiger charge is -2.39. The quantitative estimate of drug-likeness (QED) is 0.574. The molecule has 0 bridgehead atoms. The molecule has 3 nitrogen and oxygen atoms in total. The van der Waals surface area contributed by atoms with Crippen LogP contribution in [-0.2, 0) is 0 Å². The first-order chi connectivity index (χ1) is 5.77. The standard InChI is InChI=1S/C9H17N3/c1-12-6-9(10)11-7-4-2-3-5-8(7)12/h7-8H,2-6H2,1H3,(H2,10,11)/t7-,8-/m1/s1. The van der Waals surface area contributed by atoms with Gasteiger partial charge in [-0.05, 0) is 19.9 Å². The highest BCUT2D eigenvalue weighted by Gasteiger charge is 2.31. The number of nitrogens with zero attached hydrogens (tertiary/aromatic N) is 2. The van der Waals surface area contributed by atoms with Gasteiger partial charge in [0.05, 0.1) is 12.6 Å². The molecule has 68 valence electrons. The molecule has 0 aromatic heterocycles. The summed E-state index contributed by atoms with van der Waals surface area (Å²) in [6, 6.07) is 1.17. The second-order valence-corrected chi connectivity index (χ2v) is 3.95. The summed E-state index contributed by atoms with van der Waals surface area (Å²) in [4.78, 5) is 6.86. The van der Waals surface area contributed by atoms with Gasteiger partial charge < -0.3 is 5.73 Å². The van der Waals surface area contributed by atoms with E-state index in [1.807, 2.05) is 0 Å². The minimum Gasteiger partial charge on any atom is -0.386 e. The lowest BCUT2D eigenvalue weighted by molar-refractivity contribution is 0.177. The fraction of sp³-hybridized carbons (Fsp3) is 0.889. The van der Waals surface area contributed by atoms with Gasteiger partial charge in [-0.15, -0.1) is 0 Å². The molecular formula is C9H17N3. The summed E-state index contributed by atoms with van der Waals surface area (Å²) in [6.07, 6.45) is 5.22. The minimum absolute atomic E-state index is 0.498. The lowest BCUT2D eigenvalue weighted by atomic mass is 9.89. The maximum absolute atomic E-state index is 5.74. The smallest absolute Gasteiger partial charge is 0.108 e. The van der Waals surface area contributed by atoms with Gasteiger partial charge in [-0.1, -0.05) is 12.8 Å². The molecule has 1 aliphatic carbocycles. The van der Waals surface area contributed by atoms with E-state index in [0.717, 1.165) is 12.4 Å². The van der Waals surface area contributed by atoms with Gasteiger partial charge >= 0.3 is 0 Å². The number of fused-ring (bicyclic) bond motifs is 1. The van der Waals surface area contributed by atoms with Crippen molar-refractivity contribution >= 4 is 5.84 Å². The third-order valence-electron chi connectivity index (χ3n) is 3.00. The Kier molecular flexibility index (Phi) is 2.05. The molecule has 1 aliphatic heterocycles. The summed E-state index contributed by atoms with van der Waals surface area (Å²) < 4.78 is 0. The Balaban J connectivity index is 2.14. The first-order valence-electron chi connectivity index (χ1n) is 4.80. The van der Waals surface area contributed by atoms with Gasteiger partial charge in [0.25, 0.3) is 0 Å². The third kappa shape index (κ3) is 1.33. The Hall–Kier alpha value is -0.570. The monoisotopic (exact) mass is 167 g/mol. The van der Waals surface area contributed by atoms with Gasteiger partial charge in [-0.3, -0.25) is 9.89 Å². The van der Waals surface area contributed by atoms with Gasteiger partial charge in [-0.2, -0.15) is 0 Å². The maximum Gasteiger partial charge on any atom is 0.108 e. The predicted octanol–water partition coefficient (Wildman–Crippen LogP) is 0.600. The van der Waals surface area contributed by atoms with E-state index in [2.05, 4.69) is 16.9 Å². The van der Waals surface area contributed by atoms with Crippen LogP contribution in [0.25, 0.3) is 0 Å². The molecular weight excluding hydrogens is 150 g/mol. The van der Waals surface area contributed by atoms with Crippen LogP contribution in [-0.4, -0.2) is 36.4 Å². The number of rotatable bonds is 0. The first-order valence-corrected chi connectivity index (χ1v) is 4.80. The van der Waals surface area contributed by atoms with Crippen molar-refractivity contribution in [2.24, 2.45) is 10.7 Å². The number of aliphatic imine (C=N–C) groups is 1. The highest BCUT2D eigenvalue weighted by atomic mass is 15.2. The van der Waals surface area contributed by atoms with Crippen LogP contribution < -0.4 is 5.73 Å². The van der Waals surface area contributed by atoms with Gasteiger partial charge in [0, 0.05) is 6.04 Å². The zero-order valence-corrected chi connectivity index (χ0v) is 7.66. The molecule has 2 atom stereocenters. The molecule has 0 amide bonds. The van der Waals surface area contributed by atoms with E-state index >= 15 is 0 Å². The summed E-state index contributed by atoms with van der Waals surface area (Å²) in [7, 11) is 2.16. The molecule has 2 rings (SSSR count). The average Bonchev–Trinajstić information content (AvgIpc) is 2.04. The molecule has 1 heterocycles. The number of hydrogen-bond donors (Lipinski definition) is 1. The van der Waals surface area contributed by atoms with Gasteiger partial charge in [-0.25, -0.2) is 0 Å². The van der Waals surface area contributed by atoms with Crippen molar-refractivity contribution in [3.63, 3.8) is 0 Å². The largest absolute Gasteiger partial charge is 0.386 e. The van der Waals surface area contributed by atoms with E-state index in [9.17, 15) is 0 Å². The Morgan fingerprint density at radius 2 is 2.17 bits per heavy atom. The van der Waals surface area contributed by atoms with Gasteiger partial charge in [0.15, 0.2) is 0 Å². The van der Waals surface area contributed by atoms with E-state index in [1.165, 1.54) is 25.7 Å². The molecule has 3 heteroatoms. The SMILES string of the molecule is CN1CC(N)=N[C@@H]2CCCC[C@H]21. The Morgan fingerprint density at radius 1 is 1.42 bits per heavy atom. The van der Waals surface area contributed by atoms with Crippen molar-refractivity contribution in [3.8, 4) is 0 Å². The molecule has 0 radical (unpaired) electrons. The second-order valence-electron chi connectivity index (χ2n) is 3.95. The van der Waals surface area contributed by atoms with Crippen LogP contribution >= 0.6 is 0 Å². The van der Waals surface area contributed by atoms with Crippen molar-refractivity contribution in [1.82, 2.24) is 4.90 Å². The maximum atomic E-state index is 5.74. The molecule has 2 aliphatic rings. The fourth-order valence-electron chi connectivity index (χ4n) is 2.38. The summed E-state index contributed by atoms with van der Waals surface area (Å²) >= 11 is 0. The molecule has 1 fully saturated rings. The minimum atomic E-state index is 0.498. The number of nitrogens with two attached hydrogens (primary N) is 1. The van der Waals surface area contributed by atoms with Crippen LogP contribution in [0.3, 0.4) is 0 Å². The van der Waals surface area contributed by atoms with E-state index in [-0.39, 0.29) is 0 Å². The zero-order chi connectivity index (χ0) is 8.55. The van der Waals surface area contributed by atoms with Crippen LogP contribution in [0, 0.1) is 0 Å². The highest BCUT2D eigenvalue weighted by Crippen LogP contribution is 2.26. The Morgan fingerprint density at radius 3 is 3.00 bits per heavy atom. The topological polar surface area (TPSA) is 41.6 Å². The molecule has 0 unspecified atom stereocenters. The van der Waals surface area contributed by atoms with Crippen molar-refractivity contribution in [1.29, 1.82) is 0 Å². The van der Waals surface area contributed by atoms with Crippen LogP contribution in [0.15, 0.2) is 4.99 Å². The zero-order valence-electron chi connectivity index (χ0n) is 7.66. The summed E-state index contributed by atoms with van der Waals surface area (Å²) in [5, 5.41) is 0. The average molecular weight is 167 g/mol. The van der Waals surface area contributed by atoms with Crippen LogP contribution in [0.2, 0.25) is 0 Å². The van der Waals surface area contributed by atoms with E-state index in [0.29, 0.717) is 12.1 Å². The molecule has 0 spiro atoms. The molecule has 12 heavy (non-hydrogen) atoms. The van der Waals surface area contributed by atoms with Gasteiger partial charge in [0.2, 0.25) is 0 Å². The third-order valence-corrected chi connectivity index (χ3v) is 3.00. The molecule has 2 N–H and O–H groups in total. The fourth-order valence-corrected chi connectivity index (χ4v) is 2.38. The second kappa shape index (κ2) is 3.05. The Bertz CT molecular complexity index is 200. The first kappa shape index (κ1) is 8.05. The van der Waals surface area contributed by atoms with Crippen molar-refractivity contribution < 1.29 is 0 Å². The normalized spacial score (nSPS) is 37.2. The van der Waals surface area contributed by atoms with Crippen LogP contribution in [0.4, 0.5) is 0 Å². The molecule has 1 saturated carbocycles. The molecule has 0 saturated heterocycles. The number of amidine groups is 1. The number of hydrogen-bond acceptors (Lipinski definition) is 3. The van der Waals surface area contributed by atoms with Crippen molar-refractivity contribution in [2.45, 2.75) is 37.8 Å². The number of likely N-dealkylation sites (N-methyl/N-ethyl adjacent to an activating group) is 1. The van der Waals surface area contributed by atoms with Gasteiger partial charge in [0.1, 0.15) is 5.84 Å². The summed E-state index contributed by atoms with van der Waals surface area (Å²) in [5.41, 5.74) is 5.74. The lowest BCUT2D eigenvalue weighted by Crippen LogP contribution is -2.50. The van der Waals surface area contributed by atoms with Crippen LogP contribution in [0.1, 0.15) is 25.7 Å². The van der Waals surface area contributed by atoms with E-state index < -0.39 is 0 Å². The summed E-state index contributed by atoms with van der Waals surface area (Å²) in [6.45, 7) is 0.862.